The number of ether oxygens (including phenoxy) is 5. The van der Waals surface area contributed by atoms with Gasteiger partial charge in [-0.15, -0.1) is 0 Å². The molecule has 0 fully saturated rings. The van der Waals surface area contributed by atoms with Gasteiger partial charge in [0.2, 0.25) is 0 Å². The summed E-state index contributed by atoms with van der Waals surface area (Å²) in [6.45, 7) is 11.6. The van der Waals surface area contributed by atoms with Crippen molar-refractivity contribution >= 4 is 30.7 Å². The predicted molar refractivity (Wildman–Crippen MR) is 205 cm³/mol. The minimum Gasteiger partial charge on any atom is -0.497 e. The number of rotatable bonds is 19. The molecule has 0 saturated heterocycles. The lowest BCUT2D eigenvalue weighted by atomic mass is 9.79. The molecular formula is C40H50Cl2NO7P. The zero-order valence-corrected chi connectivity index (χ0v) is 33.1. The second-order valence-corrected chi connectivity index (χ2v) is 16.0. The fourth-order valence-electron chi connectivity index (χ4n) is 6.28. The monoisotopic (exact) mass is 757 g/mol. The standard InChI is InChI=1S/C40H50Cl2NO7P/c1-28(2)43(29(3)4)51(8,44)49-26-36(25-47-30(5)48-27-37-38(41)15-12-16-39(37)42)50-40(31-13-10-9-11-14-31,32-17-21-34(45-6)22-18-32)33-19-23-35(46-7)24-20-33/h9-24,28-30,36H,25-27H2,1-8H3. The Morgan fingerprint density at radius 2 is 1.16 bits per heavy atom. The molecule has 0 aliphatic carbocycles. The first-order chi connectivity index (χ1) is 24.3. The Labute approximate surface area is 313 Å². The van der Waals surface area contributed by atoms with Crippen molar-refractivity contribution in [3.05, 3.63) is 129 Å². The van der Waals surface area contributed by atoms with Crippen molar-refractivity contribution in [1.82, 2.24) is 4.67 Å². The van der Waals surface area contributed by atoms with Crippen LogP contribution in [0.3, 0.4) is 0 Å². The molecule has 4 aromatic carbocycles. The van der Waals surface area contributed by atoms with E-state index in [2.05, 4.69) is 0 Å². The highest BCUT2D eigenvalue weighted by Crippen LogP contribution is 2.50. The van der Waals surface area contributed by atoms with Gasteiger partial charge >= 0.3 is 0 Å². The zero-order valence-electron chi connectivity index (χ0n) is 30.7. The average molecular weight is 759 g/mol. The third-order valence-corrected chi connectivity index (χ3v) is 11.6. The van der Waals surface area contributed by atoms with E-state index in [0.29, 0.717) is 27.1 Å². The Bertz CT molecular complexity index is 1630. The van der Waals surface area contributed by atoms with E-state index in [9.17, 15) is 4.57 Å². The summed E-state index contributed by atoms with van der Waals surface area (Å²) in [7, 11) is -0.0134. The Kier molecular flexibility index (Phi) is 15.0. The van der Waals surface area contributed by atoms with Crippen molar-refractivity contribution in [1.29, 1.82) is 0 Å². The van der Waals surface area contributed by atoms with E-state index in [0.717, 1.165) is 16.7 Å². The maximum atomic E-state index is 14.2. The number of methoxy groups -OCH3 is 2. The van der Waals surface area contributed by atoms with Crippen LogP contribution in [0.4, 0.5) is 0 Å². The van der Waals surface area contributed by atoms with Crippen molar-refractivity contribution in [2.24, 2.45) is 0 Å². The van der Waals surface area contributed by atoms with Gasteiger partial charge in [0.25, 0.3) is 7.52 Å². The van der Waals surface area contributed by atoms with Gasteiger partial charge in [-0.3, -0.25) is 4.57 Å². The number of hydrogen-bond donors (Lipinski definition) is 0. The topological polar surface area (TPSA) is 75.7 Å². The Balaban J connectivity index is 1.77. The molecular weight excluding hydrogens is 708 g/mol. The van der Waals surface area contributed by atoms with Gasteiger partial charge in [0.1, 0.15) is 23.2 Å². The average Bonchev–Trinajstić information content (AvgIpc) is 3.11. The molecule has 4 rings (SSSR count). The maximum absolute atomic E-state index is 14.2. The van der Waals surface area contributed by atoms with Gasteiger partial charge in [-0.25, -0.2) is 4.67 Å². The summed E-state index contributed by atoms with van der Waals surface area (Å²) in [4.78, 5) is 0. The van der Waals surface area contributed by atoms with Crippen LogP contribution >= 0.6 is 30.7 Å². The van der Waals surface area contributed by atoms with Crippen LogP contribution in [0.25, 0.3) is 0 Å². The summed E-state index contributed by atoms with van der Waals surface area (Å²) in [6.07, 6.45) is -1.41. The van der Waals surface area contributed by atoms with Crippen LogP contribution in [0.15, 0.2) is 97.1 Å². The summed E-state index contributed by atoms with van der Waals surface area (Å²) >= 11 is 12.8. The van der Waals surface area contributed by atoms with Gasteiger partial charge < -0.3 is 28.2 Å². The zero-order chi connectivity index (χ0) is 37.2. The molecule has 0 aromatic heterocycles. The third kappa shape index (κ3) is 10.4. The van der Waals surface area contributed by atoms with Crippen LogP contribution in [0.5, 0.6) is 11.5 Å². The maximum Gasteiger partial charge on any atom is 0.269 e. The van der Waals surface area contributed by atoms with E-state index in [1.54, 1.807) is 46.0 Å². The Hall–Kier alpha value is -2.91. The molecule has 51 heavy (non-hydrogen) atoms. The molecule has 8 nitrogen and oxygen atoms in total. The lowest BCUT2D eigenvalue weighted by Crippen LogP contribution is -2.41. The highest BCUT2D eigenvalue weighted by Gasteiger charge is 2.41. The molecule has 276 valence electrons. The van der Waals surface area contributed by atoms with Gasteiger partial charge in [-0.05, 0) is 87.7 Å². The van der Waals surface area contributed by atoms with Crippen molar-refractivity contribution in [3.8, 4) is 11.5 Å². The second-order valence-electron chi connectivity index (χ2n) is 12.8. The van der Waals surface area contributed by atoms with Crippen LogP contribution < -0.4 is 9.47 Å². The molecule has 0 amide bonds. The highest BCUT2D eigenvalue weighted by atomic mass is 35.5. The molecule has 11 heteroatoms. The first kappa shape index (κ1) is 40.9. The summed E-state index contributed by atoms with van der Waals surface area (Å²) in [5, 5.41) is 1.02. The minimum absolute atomic E-state index is 0.0106. The quantitative estimate of drug-likeness (QED) is 0.0532. The molecule has 0 N–H and O–H groups in total. The molecule has 0 radical (unpaired) electrons. The van der Waals surface area contributed by atoms with Gasteiger partial charge in [-0.1, -0.05) is 83.9 Å². The molecule has 3 unspecified atom stereocenters. The number of nitrogens with zero attached hydrogens (tertiary/aromatic N) is 1. The number of benzene rings is 4. The molecule has 0 aliphatic heterocycles. The number of hydrogen-bond acceptors (Lipinski definition) is 7. The summed E-state index contributed by atoms with van der Waals surface area (Å²) in [5.74, 6) is 1.41. The van der Waals surface area contributed by atoms with Gasteiger partial charge in [0, 0.05) is 34.4 Å². The van der Waals surface area contributed by atoms with Crippen molar-refractivity contribution in [3.63, 3.8) is 0 Å². The normalized spacial score (nSPS) is 14.5. The van der Waals surface area contributed by atoms with Gasteiger partial charge in [0.05, 0.1) is 34.0 Å². The van der Waals surface area contributed by atoms with E-state index < -0.39 is 25.5 Å². The van der Waals surface area contributed by atoms with Crippen molar-refractivity contribution in [2.45, 2.75) is 71.3 Å². The molecule has 0 heterocycles. The molecule has 0 bridgehead atoms. The predicted octanol–water partition coefficient (Wildman–Crippen LogP) is 10.2. The van der Waals surface area contributed by atoms with E-state index in [-0.39, 0.29) is 31.9 Å². The first-order valence-corrected chi connectivity index (χ1v) is 19.8. The molecule has 0 spiro atoms. The second kappa shape index (κ2) is 18.7. The van der Waals surface area contributed by atoms with Gasteiger partial charge in [0.15, 0.2) is 6.29 Å². The third-order valence-electron chi connectivity index (χ3n) is 8.54. The van der Waals surface area contributed by atoms with Crippen LogP contribution in [0.1, 0.15) is 56.9 Å². The lowest BCUT2D eigenvalue weighted by Gasteiger charge is -2.40. The van der Waals surface area contributed by atoms with Crippen LogP contribution in [-0.4, -0.2) is 63.2 Å². The van der Waals surface area contributed by atoms with Crippen LogP contribution in [0.2, 0.25) is 10.0 Å². The van der Waals surface area contributed by atoms with E-state index >= 15 is 0 Å². The largest absolute Gasteiger partial charge is 0.497 e. The Morgan fingerprint density at radius 3 is 1.63 bits per heavy atom. The SMILES string of the molecule is COc1ccc(C(OC(COC(C)OCc2c(Cl)cccc2Cl)COP(C)(=O)N(C(C)C)C(C)C)(c2ccccc2)c2ccc(OC)cc2)cc1. The fraction of sp³-hybridized carbons (Fsp3) is 0.400. The summed E-state index contributed by atoms with van der Waals surface area (Å²) in [6, 6.07) is 30.8. The van der Waals surface area contributed by atoms with E-state index in [4.69, 9.17) is 51.4 Å². The summed E-state index contributed by atoms with van der Waals surface area (Å²) in [5.41, 5.74) is 2.05. The number of halogens is 2. The fourth-order valence-corrected chi connectivity index (χ4v) is 9.04. The van der Waals surface area contributed by atoms with Crippen LogP contribution in [0, 0.1) is 0 Å². The van der Waals surface area contributed by atoms with Gasteiger partial charge in [-0.2, -0.15) is 0 Å². The molecule has 0 saturated carbocycles. The lowest BCUT2D eigenvalue weighted by molar-refractivity contribution is -0.175. The van der Waals surface area contributed by atoms with E-state index in [1.807, 2.05) is 111 Å². The molecule has 3 atom stereocenters. The van der Waals surface area contributed by atoms with Crippen molar-refractivity contribution < 1.29 is 32.8 Å². The minimum atomic E-state index is -3.28. The molecule has 4 aromatic rings. The Morgan fingerprint density at radius 1 is 0.667 bits per heavy atom. The summed E-state index contributed by atoms with van der Waals surface area (Å²) < 4.78 is 53.2. The first-order valence-electron chi connectivity index (χ1n) is 17.0. The van der Waals surface area contributed by atoms with Crippen molar-refractivity contribution in [2.75, 3.05) is 34.1 Å². The highest BCUT2D eigenvalue weighted by molar-refractivity contribution is 7.55. The van der Waals surface area contributed by atoms with Crippen LogP contribution in [-0.2, 0) is 35.5 Å². The van der Waals surface area contributed by atoms with E-state index in [1.165, 1.54) is 0 Å². The smallest absolute Gasteiger partial charge is 0.269 e. The molecule has 0 aliphatic rings.